The molecule has 4 heteroatoms. The molecule has 1 unspecified atom stereocenters. The van der Waals surface area contributed by atoms with Crippen molar-refractivity contribution in [2.45, 2.75) is 19.1 Å². The van der Waals surface area contributed by atoms with Gasteiger partial charge in [-0.15, -0.1) is 0 Å². The molecule has 0 radical (unpaired) electrons. The summed E-state index contributed by atoms with van der Waals surface area (Å²) in [6.07, 6.45) is 1.25. The Morgan fingerprint density at radius 1 is 1.56 bits per heavy atom. The fraction of sp³-hybridized carbons (Fsp3) is 0.500. The normalized spacial score (nSPS) is 21.5. The molecular weight excluding hydrogens is 209 g/mol. The van der Waals surface area contributed by atoms with Crippen molar-refractivity contribution in [3.05, 3.63) is 29.6 Å². The molecule has 1 aliphatic rings. The van der Waals surface area contributed by atoms with Crippen molar-refractivity contribution in [3.8, 4) is 5.75 Å². The number of rotatable bonds is 3. The van der Waals surface area contributed by atoms with Gasteiger partial charge in [0.15, 0.2) is 11.6 Å². The zero-order valence-electron chi connectivity index (χ0n) is 9.32. The van der Waals surface area contributed by atoms with Gasteiger partial charge in [-0.1, -0.05) is 12.1 Å². The van der Waals surface area contributed by atoms with Crippen LogP contribution in [0.2, 0.25) is 0 Å². The van der Waals surface area contributed by atoms with E-state index in [0.29, 0.717) is 12.1 Å². The van der Waals surface area contributed by atoms with Crippen LogP contribution < -0.4 is 0 Å². The van der Waals surface area contributed by atoms with Crippen LogP contribution in [0.15, 0.2) is 18.2 Å². The molecule has 1 saturated heterocycles. The largest absolute Gasteiger partial charge is 0.505 e. The van der Waals surface area contributed by atoms with Crippen LogP contribution in [-0.4, -0.2) is 36.3 Å². The van der Waals surface area contributed by atoms with E-state index < -0.39 is 5.82 Å². The highest BCUT2D eigenvalue weighted by atomic mass is 19.1. The number of nitrogens with zero attached hydrogens (tertiary/aromatic N) is 1. The molecule has 0 saturated carbocycles. The predicted molar refractivity (Wildman–Crippen MR) is 58.8 cm³/mol. The summed E-state index contributed by atoms with van der Waals surface area (Å²) >= 11 is 0. The van der Waals surface area contributed by atoms with Crippen molar-refractivity contribution in [3.63, 3.8) is 0 Å². The van der Waals surface area contributed by atoms with E-state index in [0.717, 1.165) is 19.5 Å². The first kappa shape index (κ1) is 11.4. The Hall–Kier alpha value is -1.13. The number of phenolic OH excluding ortho intramolecular Hbond substituents is 1. The van der Waals surface area contributed by atoms with Crippen LogP contribution >= 0.6 is 0 Å². The van der Waals surface area contributed by atoms with Gasteiger partial charge in [-0.3, -0.25) is 4.90 Å². The molecular formula is C12H16FNO2. The van der Waals surface area contributed by atoms with Crippen LogP contribution in [0.4, 0.5) is 4.39 Å². The molecule has 0 amide bonds. The van der Waals surface area contributed by atoms with Gasteiger partial charge in [0.25, 0.3) is 0 Å². The average molecular weight is 225 g/mol. The molecule has 1 aliphatic heterocycles. The van der Waals surface area contributed by atoms with Crippen LogP contribution in [0.25, 0.3) is 0 Å². The monoisotopic (exact) mass is 225 g/mol. The number of phenols is 1. The Balaban J connectivity index is 2.02. The van der Waals surface area contributed by atoms with Gasteiger partial charge in [0, 0.05) is 32.3 Å². The summed E-state index contributed by atoms with van der Waals surface area (Å²) in [5.41, 5.74) is 0.636. The maximum Gasteiger partial charge on any atom is 0.165 e. The van der Waals surface area contributed by atoms with Gasteiger partial charge in [0.2, 0.25) is 0 Å². The lowest BCUT2D eigenvalue weighted by molar-refractivity contribution is 0.107. The van der Waals surface area contributed by atoms with E-state index in [1.54, 1.807) is 19.2 Å². The summed E-state index contributed by atoms with van der Waals surface area (Å²) in [4.78, 5) is 2.16. The van der Waals surface area contributed by atoms with E-state index in [4.69, 9.17) is 4.74 Å². The minimum Gasteiger partial charge on any atom is -0.505 e. The highest BCUT2D eigenvalue weighted by molar-refractivity contribution is 5.33. The summed E-state index contributed by atoms with van der Waals surface area (Å²) in [5, 5.41) is 9.55. The number of para-hydroxylation sites is 1. The van der Waals surface area contributed by atoms with Crippen molar-refractivity contribution in [2.24, 2.45) is 0 Å². The van der Waals surface area contributed by atoms with Gasteiger partial charge in [0.1, 0.15) is 0 Å². The molecule has 1 N–H and O–H groups in total. The van der Waals surface area contributed by atoms with Gasteiger partial charge in [0.05, 0.1) is 6.10 Å². The van der Waals surface area contributed by atoms with Crippen LogP contribution in [0.1, 0.15) is 12.0 Å². The predicted octanol–water partition coefficient (Wildman–Crippen LogP) is 1.75. The fourth-order valence-corrected chi connectivity index (χ4v) is 2.06. The average Bonchev–Trinajstić information content (AvgIpc) is 2.73. The molecule has 1 aromatic rings. The molecule has 1 heterocycles. The maximum atomic E-state index is 13.1. The second-order valence-corrected chi connectivity index (χ2v) is 4.13. The van der Waals surface area contributed by atoms with E-state index in [-0.39, 0.29) is 11.9 Å². The molecule has 0 bridgehead atoms. The fourth-order valence-electron chi connectivity index (χ4n) is 2.06. The first-order valence-electron chi connectivity index (χ1n) is 5.42. The quantitative estimate of drug-likeness (QED) is 0.850. The molecule has 1 aromatic carbocycles. The minimum absolute atomic E-state index is 0.233. The number of ether oxygens (including phenoxy) is 1. The van der Waals surface area contributed by atoms with E-state index in [9.17, 15) is 9.50 Å². The number of aromatic hydroxyl groups is 1. The molecule has 0 spiro atoms. The third-order valence-electron chi connectivity index (χ3n) is 3.03. The Kier molecular flexibility index (Phi) is 3.41. The molecule has 88 valence electrons. The standard InChI is InChI=1S/C12H16FNO2/c1-16-10-5-6-14(8-10)7-9-3-2-4-11(13)12(9)15/h2-4,10,15H,5-8H2,1H3. The number of benzene rings is 1. The first-order chi connectivity index (χ1) is 7.70. The molecule has 1 atom stereocenters. The number of likely N-dealkylation sites (tertiary alicyclic amines) is 1. The van der Waals surface area contributed by atoms with Gasteiger partial charge < -0.3 is 9.84 Å². The van der Waals surface area contributed by atoms with Gasteiger partial charge in [-0.2, -0.15) is 0 Å². The topological polar surface area (TPSA) is 32.7 Å². The van der Waals surface area contributed by atoms with E-state index in [2.05, 4.69) is 4.90 Å². The lowest BCUT2D eigenvalue weighted by atomic mass is 10.2. The van der Waals surface area contributed by atoms with Crippen LogP contribution in [0.3, 0.4) is 0 Å². The lowest BCUT2D eigenvalue weighted by Crippen LogP contribution is -2.22. The third-order valence-corrected chi connectivity index (χ3v) is 3.03. The van der Waals surface area contributed by atoms with Crippen molar-refractivity contribution in [1.29, 1.82) is 0 Å². The molecule has 16 heavy (non-hydrogen) atoms. The van der Waals surface area contributed by atoms with Crippen molar-refractivity contribution in [2.75, 3.05) is 20.2 Å². The molecule has 0 aromatic heterocycles. The van der Waals surface area contributed by atoms with E-state index >= 15 is 0 Å². The van der Waals surface area contributed by atoms with E-state index in [1.807, 2.05) is 0 Å². The first-order valence-corrected chi connectivity index (χ1v) is 5.42. The number of hydrogen-bond acceptors (Lipinski definition) is 3. The van der Waals surface area contributed by atoms with E-state index in [1.165, 1.54) is 6.07 Å². The highest BCUT2D eigenvalue weighted by Gasteiger charge is 2.22. The van der Waals surface area contributed by atoms with Gasteiger partial charge in [-0.25, -0.2) is 4.39 Å². The number of hydrogen-bond donors (Lipinski definition) is 1. The summed E-state index contributed by atoms with van der Waals surface area (Å²) in [6, 6.07) is 4.63. The molecule has 0 aliphatic carbocycles. The van der Waals surface area contributed by atoms with Crippen molar-refractivity contribution in [1.82, 2.24) is 4.90 Å². The second-order valence-electron chi connectivity index (χ2n) is 4.13. The zero-order valence-corrected chi connectivity index (χ0v) is 9.32. The molecule has 2 rings (SSSR count). The maximum absolute atomic E-state index is 13.1. The summed E-state index contributed by atoms with van der Waals surface area (Å²) in [7, 11) is 1.70. The Bertz CT molecular complexity index is 370. The number of methoxy groups -OCH3 is 1. The van der Waals surface area contributed by atoms with Crippen molar-refractivity contribution < 1.29 is 14.2 Å². The Labute approximate surface area is 94.4 Å². The summed E-state index contributed by atoms with van der Waals surface area (Å²) in [5.74, 6) is -0.789. The van der Waals surface area contributed by atoms with Crippen LogP contribution in [-0.2, 0) is 11.3 Å². The van der Waals surface area contributed by atoms with Crippen LogP contribution in [0.5, 0.6) is 5.75 Å². The Morgan fingerprint density at radius 3 is 3.06 bits per heavy atom. The smallest absolute Gasteiger partial charge is 0.165 e. The number of halogens is 1. The van der Waals surface area contributed by atoms with Crippen molar-refractivity contribution >= 4 is 0 Å². The summed E-state index contributed by atoms with van der Waals surface area (Å²) in [6.45, 7) is 2.34. The lowest BCUT2D eigenvalue weighted by Gasteiger charge is -2.16. The molecule has 3 nitrogen and oxygen atoms in total. The van der Waals surface area contributed by atoms with Crippen LogP contribution in [0, 0.1) is 5.82 Å². The molecule has 1 fully saturated rings. The highest BCUT2D eigenvalue weighted by Crippen LogP contribution is 2.24. The minimum atomic E-state index is -0.556. The summed E-state index contributed by atoms with van der Waals surface area (Å²) < 4.78 is 18.4. The van der Waals surface area contributed by atoms with Gasteiger partial charge >= 0.3 is 0 Å². The zero-order chi connectivity index (χ0) is 11.5. The Morgan fingerprint density at radius 2 is 2.38 bits per heavy atom. The second kappa shape index (κ2) is 4.80. The SMILES string of the molecule is COC1CCN(Cc2cccc(F)c2O)C1. The third kappa shape index (κ3) is 2.33. The van der Waals surface area contributed by atoms with Gasteiger partial charge in [-0.05, 0) is 12.5 Å².